The molecule has 0 unspecified atom stereocenters. The van der Waals surface area contributed by atoms with Gasteiger partial charge in [-0.15, -0.1) is 10.2 Å². The maximum absolute atomic E-state index is 13.2. The number of amides is 1. The van der Waals surface area contributed by atoms with Crippen LogP contribution in [0.2, 0.25) is 0 Å². The Morgan fingerprint density at radius 2 is 2.13 bits per heavy atom. The number of thioether (sulfide) groups is 1. The van der Waals surface area contributed by atoms with Gasteiger partial charge in [-0.2, -0.15) is 0 Å². The second-order valence-electron chi connectivity index (χ2n) is 6.22. The van der Waals surface area contributed by atoms with E-state index in [0.29, 0.717) is 30.4 Å². The van der Waals surface area contributed by atoms with Crippen LogP contribution in [0.15, 0.2) is 65.0 Å². The van der Waals surface area contributed by atoms with E-state index in [1.807, 2.05) is 42.5 Å². The third kappa shape index (κ3) is 4.74. The van der Waals surface area contributed by atoms with Gasteiger partial charge in [0.15, 0.2) is 15.8 Å². The molecule has 2 aromatic carbocycles. The van der Waals surface area contributed by atoms with Crippen molar-refractivity contribution in [3.8, 4) is 17.2 Å². The number of aromatic nitrogens is 2. The highest BCUT2D eigenvalue weighted by Gasteiger charge is 2.22. The Bertz CT molecular complexity index is 1030. The van der Waals surface area contributed by atoms with Gasteiger partial charge in [-0.3, -0.25) is 4.79 Å². The Balaban J connectivity index is 1.60. The van der Waals surface area contributed by atoms with Gasteiger partial charge >= 0.3 is 0 Å². The van der Waals surface area contributed by atoms with Crippen molar-refractivity contribution < 1.29 is 19.0 Å². The predicted octanol–water partition coefficient (Wildman–Crippen LogP) is 4.16. The minimum Gasteiger partial charge on any atom is -0.489 e. The molecule has 1 aliphatic heterocycles. The lowest BCUT2D eigenvalue weighted by molar-refractivity contribution is -0.116. The monoisotopic (exact) mass is 441 g/mol. The highest BCUT2D eigenvalue weighted by molar-refractivity contribution is 8.01. The van der Waals surface area contributed by atoms with Gasteiger partial charge in [-0.25, -0.2) is 0 Å². The molecule has 0 bridgehead atoms. The highest BCUT2D eigenvalue weighted by atomic mass is 32.2. The molecule has 0 atom stereocenters. The molecule has 1 aliphatic rings. The average molecular weight is 442 g/mol. The minimum atomic E-state index is -0.0624. The Morgan fingerprint density at radius 3 is 2.97 bits per heavy atom. The summed E-state index contributed by atoms with van der Waals surface area (Å²) in [5.41, 5.74) is 3.27. The van der Waals surface area contributed by atoms with Crippen molar-refractivity contribution in [1.29, 1.82) is 0 Å². The maximum Gasteiger partial charge on any atom is 0.237 e. The fraction of sp³-hybridized carbons (Fsp3) is 0.190. The SMILES string of the molecule is C=CCOc1ccccc1CN(C(=O)CSc1nncs1)c1ccc2c(c1)OCO2. The third-order valence-electron chi connectivity index (χ3n) is 4.29. The van der Waals surface area contributed by atoms with Crippen molar-refractivity contribution in [2.75, 3.05) is 24.1 Å². The molecule has 0 fully saturated rings. The quantitative estimate of drug-likeness (QED) is 0.365. The summed E-state index contributed by atoms with van der Waals surface area (Å²) in [5, 5.41) is 7.81. The number of nitrogens with zero attached hydrogens (tertiary/aromatic N) is 3. The second-order valence-corrected chi connectivity index (χ2v) is 8.27. The van der Waals surface area contributed by atoms with E-state index in [9.17, 15) is 4.79 Å². The molecule has 2 heterocycles. The molecule has 4 rings (SSSR count). The van der Waals surface area contributed by atoms with E-state index < -0.39 is 0 Å². The number of fused-ring (bicyclic) bond motifs is 1. The summed E-state index contributed by atoms with van der Waals surface area (Å²) < 4.78 is 17.4. The maximum atomic E-state index is 13.2. The normalized spacial score (nSPS) is 11.9. The van der Waals surface area contributed by atoms with E-state index in [1.54, 1.807) is 16.5 Å². The minimum absolute atomic E-state index is 0.0624. The van der Waals surface area contributed by atoms with E-state index in [2.05, 4.69) is 16.8 Å². The summed E-state index contributed by atoms with van der Waals surface area (Å²) in [6, 6.07) is 13.2. The number of hydrogen-bond donors (Lipinski definition) is 0. The van der Waals surface area contributed by atoms with Crippen LogP contribution in [0, 0.1) is 0 Å². The van der Waals surface area contributed by atoms with Crippen LogP contribution in [0.3, 0.4) is 0 Å². The lowest BCUT2D eigenvalue weighted by atomic mass is 10.1. The summed E-state index contributed by atoms with van der Waals surface area (Å²) in [6.07, 6.45) is 1.69. The van der Waals surface area contributed by atoms with E-state index in [4.69, 9.17) is 14.2 Å². The van der Waals surface area contributed by atoms with Crippen LogP contribution in [0.1, 0.15) is 5.56 Å². The summed E-state index contributed by atoms with van der Waals surface area (Å²) in [7, 11) is 0. The van der Waals surface area contributed by atoms with Crippen LogP contribution >= 0.6 is 23.1 Å². The van der Waals surface area contributed by atoms with Gasteiger partial charge < -0.3 is 19.1 Å². The van der Waals surface area contributed by atoms with Crippen LogP contribution in [0.5, 0.6) is 17.2 Å². The first-order chi connectivity index (χ1) is 14.7. The molecule has 0 aliphatic carbocycles. The first kappa shape index (κ1) is 20.2. The number of carbonyl (C=O) groups excluding carboxylic acids is 1. The predicted molar refractivity (Wildman–Crippen MR) is 117 cm³/mol. The van der Waals surface area contributed by atoms with Gasteiger partial charge in [0.2, 0.25) is 12.7 Å². The first-order valence-corrected chi connectivity index (χ1v) is 11.0. The van der Waals surface area contributed by atoms with E-state index in [1.165, 1.54) is 23.1 Å². The van der Waals surface area contributed by atoms with Crippen molar-refractivity contribution in [1.82, 2.24) is 10.2 Å². The molecule has 1 aromatic heterocycles. The van der Waals surface area contributed by atoms with Gasteiger partial charge in [0.1, 0.15) is 17.9 Å². The van der Waals surface area contributed by atoms with E-state index in [-0.39, 0.29) is 18.5 Å². The van der Waals surface area contributed by atoms with Crippen LogP contribution in [0.25, 0.3) is 0 Å². The molecule has 3 aromatic rings. The fourth-order valence-electron chi connectivity index (χ4n) is 2.90. The number of carbonyl (C=O) groups is 1. The largest absolute Gasteiger partial charge is 0.489 e. The Hall–Kier alpha value is -3.04. The van der Waals surface area contributed by atoms with Gasteiger partial charge in [0.05, 0.1) is 12.3 Å². The zero-order valence-corrected chi connectivity index (χ0v) is 17.7. The molecular formula is C21H19N3O4S2. The smallest absolute Gasteiger partial charge is 0.237 e. The van der Waals surface area contributed by atoms with Crippen molar-refractivity contribution >= 4 is 34.7 Å². The zero-order chi connectivity index (χ0) is 20.8. The lowest BCUT2D eigenvalue weighted by Gasteiger charge is -2.24. The number of ether oxygens (including phenoxy) is 3. The van der Waals surface area contributed by atoms with Crippen molar-refractivity contribution in [3.05, 3.63) is 66.2 Å². The fourth-order valence-corrected chi connectivity index (χ4v) is 4.26. The van der Waals surface area contributed by atoms with Gasteiger partial charge in [0.25, 0.3) is 0 Å². The average Bonchev–Trinajstić information content (AvgIpc) is 3.46. The van der Waals surface area contributed by atoms with Crippen LogP contribution in [-0.2, 0) is 11.3 Å². The Labute approximate surface area is 182 Å². The lowest BCUT2D eigenvalue weighted by Crippen LogP contribution is -2.32. The third-order valence-corrected chi connectivity index (χ3v) is 6.13. The molecule has 0 N–H and O–H groups in total. The summed E-state index contributed by atoms with van der Waals surface area (Å²) in [5.74, 6) is 2.18. The molecule has 0 radical (unpaired) electrons. The molecule has 30 heavy (non-hydrogen) atoms. The van der Waals surface area contributed by atoms with Gasteiger partial charge in [0, 0.05) is 17.3 Å². The van der Waals surface area contributed by atoms with Crippen LogP contribution < -0.4 is 19.1 Å². The molecule has 0 saturated heterocycles. The molecule has 9 heteroatoms. The van der Waals surface area contributed by atoms with Gasteiger partial charge in [-0.05, 0) is 18.2 Å². The molecule has 1 amide bonds. The molecule has 154 valence electrons. The molecule has 0 saturated carbocycles. The molecular weight excluding hydrogens is 422 g/mol. The van der Waals surface area contributed by atoms with Crippen LogP contribution in [-0.4, -0.2) is 35.3 Å². The zero-order valence-electron chi connectivity index (χ0n) is 16.0. The van der Waals surface area contributed by atoms with Crippen molar-refractivity contribution in [2.45, 2.75) is 10.9 Å². The Morgan fingerprint density at radius 1 is 1.27 bits per heavy atom. The topological polar surface area (TPSA) is 73.8 Å². The molecule has 0 spiro atoms. The van der Waals surface area contributed by atoms with Crippen LogP contribution in [0.4, 0.5) is 5.69 Å². The number of anilines is 1. The van der Waals surface area contributed by atoms with Crippen molar-refractivity contribution in [2.24, 2.45) is 0 Å². The van der Waals surface area contributed by atoms with Crippen molar-refractivity contribution in [3.63, 3.8) is 0 Å². The van der Waals surface area contributed by atoms with Gasteiger partial charge in [-0.1, -0.05) is 54.0 Å². The first-order valence-electron chi connectivity index (χ1n) is 9.15. The highest BCUT2D eigenvalue weighted by Crippen LogP contribution is 2.36. The number of rotatable bonds is 9. The summed E-state index contributed by atoms with van der Waals surface area (Å²) in [4.78, 5) is 14.9. The summed E-state index contributed by atoms with van der Waals surface area (Å²) in [6.45, 7) is 4.61. The number of benzene rings is 2. The summed E-state index contributed by atoms with van der Waals surface area (Å²) >= 11 is 2.77. The standard InChI is InChI=1S/C21H19N3O4S2/c1-2-9-26-17-6-4-3-5-15(17)11-24(20(25)12-29-21-23-22-13-30-21)16-7-8-18-19(10-16)28-14-27-18/h2-8,10,13H,1,9,11-12,14H2. The number of hydrogen-bond acceptors (Lipinski definition) is 8. The van der Waals surface area contributed by atoms with E-state index >= 15 is 0 Å². The number of para-hydroxylation sites is 1. The molecule has 7 nitrogen and oxygen atoms in total. The second kappa shape index (κ2) is 9.64. The van der Waals surface area contributed by atoms with E-state index in [0.717, 1.165) is 15.6 Å². The Kier molecular flexibility index (Phi) is 6.50.